The van der Waals surface area contributed by atoms with Gasteiger partial charge in [0.15, 0.2) is 5.78 Å². The first kappa shape index (κ1) is 22.8. The Kier molecular flexibility index (Phi) is 6.27. The molecular weight excluding hydrogens is 384 g/mol. The van der Waals surface area contributed by atoms with Gasteiger partial charge in [-0.1, -0.05) is 52.2 Å². The van der Waals surface area contributed by atoms with Gasteiger partial charge in [-0.05, 0) is 92.1 Å². The van der Waals surface area contributed by atoms with E-state index in [4.69, 9.17) is 4.74 Å². The third kappa shape index (κ3) is 3.85. The van der Waals surface area contributed by atoms with Crippen LogP contribution in [-0.4, -0.2) is 18.9 Å². The van der Waals surface area contributed by atoms with E-state index in [1.54, 1.807) is 0 Å². The summed E-state index contributed by atoms with van der Waals surface area (Å²) in [5, 5.41) is 0. The molecule has 0 aromatic heterocycles. The first-order valence-electron chi connectivity index (χ1n) is 12.7. The van der Waals surface area contributed by atoms with Gasteiger partial charge in [-0.3, -0.25) is 9.59 Å². The van der Waals surface area contributed by atoms with Crippen LogP contribution in [0.3, 0.4) is 0 Å². The van der Waals surface area contributed by atoms with Crippen molar-refractivity contribution in [3.8, 4) is 0 Å². The van der Waals surface area contributed by atoms with E-state index in [2.05, 4.69) is 26.8 Å². The number of ether oxygens (including phenoxy) is 1. The average molecular weight is 427 g/mol. The Morgan fingerprint density at radius 1 is 1.13 bits per heavy atom. The maximum absolute atomic E-state index is 12.0. The third-order valence-electron chi connectivity index (χ3n) is 10.2. The standard InChI is InChI=1S/C28H42O3/c1-18(7-6-8-19(2)26(30)31-5)23-11-12-24-22-10-9-20-17-21(29)13-15-27(20,3)25(22)14-16-28(23,24)4/h13,15,17-19,22-25H,6-12,14,16H2,1-5H3. The van der Waals surface area contributed by atoms with Gasteiger partial charge in [-0.2, -0.15) is 0 Å². The molecule has 3 heteroatoms. The lowest BCUT2D eigenvalue weighted by atomic mass is 9.47. The first-order chi connectivity index (χ1) is 14.7. The quantitative estimate of drug-likeness (QED) is 0.454. The van der Waals surface area contributed by atoms with Gasteiger partial charge in [0.1, 0.15) is 0 Å². The number of rotatable bonds is 6. The van der Waals surface area contributed by atoms with Crippen molar-refractivity contribution in [1.29, 1.82) is 0 Å². The lowest BCUT2D eigenvalue weighted by Gasteiger charge is -2.57. The van der Waals surface area contributed by atoms with Gasteiger partial charge in [0.25, 0.3) is 0 Å². The van der Waals surface area contributed by atoms with Crippen LogP contribution in [0.5, 0.6) is 0 Å². The van der Waals surface area contributed by atoms with Crippen molar-refractivity contribution in [3.63, 3.8) is 0 Å². The van der Waals surface area contributed by atoms with E-state index >= 15 is 0 Å². The number of hydrogen-bond donors (Lipinski definition) is 0. The fraction of sp³-hybridized carbons (Fsp3) is 0.786. The average Bonchev–Trinajstić information content (AvgIpc) is 3.10. The Bertz CT molecular complexity index is 779. The molecule has 31 heavy (non-hydrogen) atoms. The fourth-order valence-corrected chi connectivity index (χ4v) is 8.44. The fourth-order valence-electron chi connectivity index (χ4n) is 8.44. The third-order valence-corrected chi connectivity index (χ3v) is 10.2. The first-order valence-corrected chi connectivity index (χ1v) is 12.7. The number of methoxy groups -OCH3 is 1. The van der Waals surface area contributed by atoms with E-state index in [0.717, 1.165) is 42.9 Å². The molecule has 3 saturated carbocycles. The van der Waals surface area contributed by atoms with E-state index in [9.17, 15) is 9.59 Å². The summed E-state index contributed by atoms with van der Waals surface area (Å²) < 4.78 is 4.89. The Labute approximate surface area is 189 Å². The Morgan fingerprint density at radius 2 is 1.90 bits per heavy atom. The summed E-state index contributed by atoms with van der Waals surface area (Å²) in [5.41, 5.74) is 1.96. The SMILES string of the molecule is COC(=O)C(C)CCCC(C)C1CCC2C3CCC4=CC(=O)C=CC4(C)C3CCC12C. The minimum Gasteiger partial charge on any atom is -0.469 e. The molecule has 4 rings (SSSR count). The van der Waals surface area contributed by atoms with Gasteiger partial charge >= 0.3 is 5.97 Å². The summed E-state index contributed by atoms with van der Waals surface area (Å²) in [6, 6.07) is 0. The lowest BCUT2D eigenvalue weighted by Crippen LogP contribution is -2.50. The molecule has 0 aromatic rings. The largest absolute Gasteiger partial charge is 0.469 e. The van der Waals surface area contributed by atoms with Crippen LogP contribution < -0.4 is 0 Å². The molecule has 3 nitrogen and oxygen atoms in total. The number of esters is 1. The van der Waals surface area contributed by atoms with Crippen LogP contribution in [0.25, 0.3) is 0 Å². The van der Waals surface area contributed by atoms with Crippen molar-refractivity contribution in [3.05, 3.63) is 23.8 Å². The predicted octanol–water partition coefficient (Wildman–Crippen LogP) is 6.53. The van der Waals surface area contributed by atoms with Gasteiger partial charge in [0, 0.05) is 5.41 Å². The van der Waals surface area contributed by atoms with Crippen molar-refractivity contribution >= 4 is 11.8 Å². The summed E-state index contributed by atoms with van der Waals surface area (Å²) in [4.78, 5) is 23.7. The molecule has 0 bridgehead atoms. The maximum Gasteiger partial charge on any atom is 0.308 e. The second-order valence-electron chi connectivity index (χ2n) is 11.7. The number of hydrogen-bond acceptors (Lipinski definition) is 3. The van der Waals surface area contributed by atoms with Crippen molar-refractivity contribution in [2.75, 3.05) is 7.11 Å². The Hall–Kier alpha value is -1.38. The highest BCUT2D eigenvalue weighted by Gasteiger charge is 2.58. The molecule has 3 fully saturated rings. The zero-order valence-corrected chi connectivity index (χ0v) is 20.3. The van der Waals surface area contributed by atoms with Gasteiger partial charge in [0.05, 0.1) is 13.0 Å². The van der Waals surface area contributed by atoms with Crippen LogP contribution >= 0.6 is 0 Å². The molecule has 8 unspecified atom stereocenters. The molecule has 0 N–H and O–H groups in total. The van der Waals surface area contributed by atoms with Crippen LogP contribution in [0.15, 0.2) is 23.8 Å². The second-order valence-corrected chi connectivity index (χ2v) is 11.7. The number of carbonyl (C=O) groups is 2. The molecule has 8 atom stereocenters. The van der Waals surface area contributed by atoms with Crippen LogP contribution in [0.4, 0.5) is 0 Å². The van der Waals surface area contributed by atoms with E-state index in [1.807, 2.05) is 19.1 Å². The molecule has 172 valence electrons. The summed E-state index contributed by atoms with van der Waals surface area (Å²) in [5.74, 6) is 3.98. The molecule has 4 aliphatic carbocycles. The van der Waals surface area contributed by atoms with Crippen LogP contribution in [0.1, 0.15) is 85.5 Å². The molecule has 0 aliphatic heterocycles. The van der Waals surface area contributed by atoms with Crippen molar-refractivity contribution in [1.82, 2.24) is 0 Å². The molecule has 0 spiro atoms. The normalized spacial score (nSPS) is 40.9. The summed E-state index contributed by atoms with van der Waals surface area (Å²) in [7, 11) is 1.49. The molecule has 0 saturated heterocycles. The highest BCUT2D eigenvalue weighted by molar-refractivity contribution is 6.01. The zero-order valence-electron chi connectivity index (χ0n) is 20.3. The number of ketones is 1. The lowest BCUT2D eigenvalue weighted by molar-refractivity contribution is -0.145. The smallest absolute Gasteiger partial charge is 0.308 e. The summed E-state index contributed by atoms with van der Waals surface area (Å²) in [6.45, 7) is 9.46. The minimum atomic E-state index is -0.0726. The topological polar surface area (TPSA) is 43.4 Å². The van der Waals surface area contributed by atoms with Gasteiger partial charge in [0.2, 0.25) is 0 Å². The highest BCUT2D eigenvalue weighted by atomic mass is 16.5. The number of carbonyl (C=O) groups excluding carboxylic acids is 2. The maximum atomic E-state index is 12.0. The number of allylic oxidation sites excluding steroid dienone is 4. The molecule has 0 radical (unpaired) electrons. The van der Waals surface area contributed by atoms with E-state index in [-0.39, 0.29) is 23.1 Å². The van der Waals surface area contributed by atoms with Crippen LogP contribution in [0.2, 0.25) is 0 Å². The van der Waals surface area contributed by atoms with Crippen molar-refractivity contribution in [2.24, 2.45) is 46.3 Å². The van der Waals surface area contributed by atoms with Crippen molar-refractivity contribution in [2.45, 2.75) is 85.5 Å². The second kappa shape index (κ2) is 8.52. The highest BCUT2D eigenvalue weighted by Crippen LogP contribution is 2.67. The van der Waals surface area contributed by atoms with E-state index in [1.165, 1.54) is 51.2 Å². The van der Waals surface area contributed by atoms with E-state index < -0.39 is 0 Å². The molecule has 0 amide bonds. The Balaban J connectivity index is 1.42. The van der Waals surface area contributed by atoms with Crippen molar-refractivity contribution < 1.29 is 14.3 Å². The number of fused-ring (bicyclic) bond motifs is 5. The zero-order chi connectivity index (χ0) is 22.4. The monoisotopic (exact) mass is 426 g/mol. The molecular formula is C28H42O3. The van der Waals surface area contributed by atoms with E-state index in [0.29, 0.717) is 11.3 Å². The molecule has 0 aromatic carbocycles. The predicted molar refractivity (Wildman–Crippen MR) is 124 cm³/mol. The minimum absolute atomic E-state index is 0.0141. The molecule has 4 aliphatic rings. The van der Waals surface area contributed by atoms with Crippen LogP contribution in [0, 0.1) is 46.3 Å². The van der Waals surface area contributed by atoms with Gasteiger partial charge in [-0.15, -0.1) is 0 Å². The van der Waals surface area contributed by atoms with Gasteiger partial charge in [-0.25, -0.2) is 0 Å². The molecule has 0 heterocycles. The summed E-state index contributed by atoms with van der Waals surface area (Å²) >= 11 is 0. The van der Waals surface area contributed by atoms with Gasteiger partial charge < -0.3 is 4.74 Å². The van der Waals surface area contributed by atoms with Crippen LogP contribution in [-0.2, 0) is 14.3 Å². The summed E-state index contributed by atoms with van der Waals surface area (Å²) in [6.07, 6.45) is 17.0. The Morgan fingerprint density at radius 3 is 2.65 bits per heavy atom.